The highest BCUT2D eigenvalue weighted by Gasteiger charge is 2.15. The highest BCUT2D eigenvalue weighted by Crippen LogP contribution is 2.24. The molecule has 26 heavy (non-hydrogen) atoms. The van der Waals surface area contributed by atoms with Crippen LogP contribution in [0.3, 0.4) is 0 Å². The minimum absolute atomic E-state index is 0.266. The van der Waals surface area contributed by atoms with Crippen LogP contribution in [0.1, 0.15) is 12.5 Å². The second-order valence-corrected chi connectivity index (χ2v) is 6.37. The van der Waals surface area contributed by atoms with E-state index in [-0.39, 0.29) is 11.8 Å². The first-order chi connectivity index (χ1) is 12.5. The quantitative estimate of drug-likeness (QED) is 0.577. The molecule has 1 atom stereocenters. The second-order valence-electron chi connectivity index (χ2n) is 5.53. The fourth-order valence-corrected chi connectivity index (χ4v) is 2.76. The number of para-hydroxylation sites is 1. The molecule has 0 fully saturated rings. The smallest absolute Gasteiger partial charge is 0.246 e. The van der Waals surface area contributed by atoms with Crippen molar-refractivity contribution in [2.24, 2.45) is 0 Å². The third-order valence-electron chi connectivity index (χ3n) is 3.66. The van der Waals surface area contributed by atoms with Crippen LogP contribution >= 0.6 is 11.8 Å². The van der Waals surface area contributed by atoms with Gasteiger partial charge in [-0.3, -0.25) is 9.59 Å². The maximum Gasteiger partial charge on any atom is 0.246 e. The van der Waals surface area contributed by atoms with Crippen molar-refractivity contribution in [2.45, 2.75) is 17.9 Å². The van der Waals surface area contributed by atoms with E-state index in [1.807, 2.05) is 54.8 Å². The summed E-state index contributed by atoms with van der Waals surface area (Å²) in [5, 5.41) is 5.50. The number of benzene rings is 2. The van der Waals surface area contributed by atoms with E-state index in [1.54, 1.807) is 31.9 Å². The summed E-state index contributed by atoms with van der Waals surface area (Å²) in [5.74, 6) is 0.154. The number of methoxy groups -OCH3 is 1. The number of amides is 2. The van der Waals surface area contributed by atoms with Crippen molar-refractivity contribution in [3.63, 3.8) is 0 Å². The zero-order valence-electron chi connectivity index (χ0n) is 15.0. The molecule has 2 aromatic carbocycles. The number of anilines is 1. The molecule has 0 spiro atoms. The van der Waals surface area contributed by atoms with Crippen LogP contribution in [0.5, 0.6) is 5.75 Å². The Balaban J connectivity index is 1.90. The van der Waals surface area contributed by atoms with Crippen LogP contribution in [-0.4, -0.2) is 31.2 Å². The average Bonchev–Trinajstić information content (AvgIpc) is 2.67. The Morgan fingerprint density at radius 2 is 1.81 bits per heavy atom. The molecule has 1 unspecified atom stereocenters. The van der Waals surface area contributed by atoms with Crippen LogP contribution < -0.4 is 15.4 Å². The first-order valence-electron chi connectivity index (χ1n) is 8.10. The predicted octanol–water partition coefficient (Wildman–Crippen LogP) is 3.57. The summed E-state index contributed by atoms with van der Waals surface area (Å²) < 4.78 is 5.09. The molecule has 0 aromatic heterocycles. The van der Waals surface area contributed by atoms with Gasteiger partial charge >= 0.3 is 0 Å². The van der Waals surface area contributed by atoms with E-state index in [1.165, 1.54) is 6.08 Å². The minimum atomic E-state index is -0.655. The highest BCUT2D eigenvalue weighted by molar-refractivity contribution is 7.98. The molecule has 2 N–H and O–H groups in total. The lowest BCUT2D eigenvalue weighted by atomic mass is 10.2. The van der Waals surface area contributed by atoms with Gasteiger partial charge in [0.15, 0.2) is 0 Å². The van der Waals surface area contributed by atoms with Crippen molar-refractivity contribution in [3.05, 3.63) is 60.2 Å². The Bertz CT molecular complexity index is 788. The van der Waals surface area contributed by atoms with E-state index < -0.39 is 6.04 Å². The summed E-state index contributed by atoms with van der Waals surface area (Å²) in [4.78, 5) is 25.3. The molecule has 0 radical (unpaired) electrons. The molecule has 0 heterocycles. The molecule has 136 valence electrons. The van der Waals surface area contributed by atoms with Crippen LogP contribution in [0, 0.1) is 0 Å². The molecule has 5 nitrogen and oxygen atoms in total. The molecule has 0 saturated carbocycles. The number of carbonyl (C=O) groups is 2. The Hall–Kier alpha value is -2.73. The first kappa shape index (κ1) is 19.6. The third-order valence-corrected chi connectivity index (χ3v) is 4.46. The van der Waals surface area contributed by atoms with E-state index in [4.69, 9.17) is 4.74 Å². The minimum Gasteiger partial charge on any atom is -0.497 e. The molecule has 2 amide bonds. The molecule has 2 rings (SSSR count). The highest BCUT2D eigenvalue weighted by atomic mass is 32.2. The fourth-order valence-electron chi connectivity index (χ4n) is 2.20. The van der Waals surface area contributed by atoms with E-state index >= 15 is 0 Å². The second kappa shape index (κ2) is 9.68. The molecular weight excluding hydrogens is 348 g/mol. The summed E-state index contributed by atoms with van der Waals surface area (Å²) in [6.07, 6.45) is 5.03. The van der Waals surface area contributed by atoms with Gasteiger partial charge in [0, 0.05) is 11.0 Å². The van der Waals surface area contributed by atoms with Crippen molar-refractivity contribution in [1.29, 1.82) is 0 Å². The number of nitrogens with one attached hydrogen (secondary N) is 2. The maximum atomic E-state index is 12.3. The average molecular weight is 370 g/mol. The molecule has 0 bridgehead atoms. The van der Waals surface area contributed by atoms with Gasteiger partial charge in [-0.25, -0.2) is 0 Å². The monoisotopic (exact) mass is 370 g/mol. The maximum absolute atomic E-state index is 12.3. The molecule has 6 heteroatoms. The number of rotatable bonds is 7. The number of ether oxygens (including phenoxy) is 1. The van der Waals surface area contributed by atoms with Crippen LogP contribution in [0.4, 0.5) is 5.69 Å². The number of carbonyl (C=O) groups excluding carboxylic acids is 2. The van der Waals surface area contributed by atoms with Crippen LogP contribution in [0.15, 0.2) is 59.5 Å². The SMILES string of the molecule is COc1ccc(/C=C/C(=O)NC(C)C(=O)Nc2ccccc2SC)cc1. The van der Waals surface area contributed by atoms with Gasteiger partial charge in [-0.05, 0) is 49.1 Å². The van der Waals surface area contributed by atoms with Crippen LogP contribution in [0.25, 0.3) is 6.08 Å². The summed E-state index contributed by atoms with van der Waals surface area (Å²) in [7, 11) is 1.60. The third kappa shape index (κ3) is 5.67. The standard InChI is InChI=1S/C20H22N2O3S/c1-14(20(24)22-17-6-4-5-7-18(17)26-3)21-19(23)13-10-15-8-11-16(25-2)12-9-15/h4-14H,1-3H3,(H,21,23)(H,22,24)/b13-10+. The lowest BCUT2D eigenvalue weighted by Gasteiger charge is -2.14. The molecule has 0 saturated heterocycles. The van der Waals surface area contributed by atoms with Gasteiger partial charge in [-0.1, -0.05) is 24.3 Å². The summed E-state index contributed by atoms with van der Waals surface area (Å²) >= 11 is 1.55. The lowest BCUT2D eigenvalue weighted by Crippen LogP contribution is -2.40. The van der Waals surface area contributed by atoms with Gasteiger partial charge in [0.2, 0.25) is 11.8 Å². The molecule has 2 aromatic rings. The van der Waals surface area contributed by atoms with E-state index in [0.717, 1.165) is 21.9 Å². The summed E-state index contributed by atoms with van der Waals surface area (Å²) in [6.45, 7) is 1.65. The zero-order chi connectivity index (χ0) is 18.9. The lowest BCUT2D eigenvalue weighted by molar-refractivity contribution is -0.123. The Labute approximate surface area is 157 Å². The number of thioether (sulfide) groups is 1. The molecule has 0 aliphatic heterocycles. The summed E-state index contributed by atoms with van der Waals surface area (Å²) in [5.41, 5.74) is 1.60. The fraction of sp³-hybridized carbons (Fsp3) is 0.200. The van der Waals surface area contributed by atoms with E-state index in [2.05, 4.69) is 10.6 Å². The summed E-state index contributed by atoms with van der Waals surface area (Å²) in [6, 6.07) is 14.2. The van der Waals surface area contributed by atoms with Gasteiger partial charge in [0.25, 0.3) is 0 Å². The van der Waals surface area contributed by atoms with Crippen molar-refractivity contribution in [2.75, 3.05) is 18.7 Å². The zero-order valence-corrected chi connectivity index (χ0v) is 15.8. The van der Waals surface area contributed by atoms with Crippen LogP contribution in [-0.2, 0) is 9.59 Å². The van der Waals surface area contributed by atoms with Crippen molar-refractivity contribution < 1.29 is 14.3 Å². The molecular formula is C20H22N2O3S. The van der Waals surface area contributed by atoms with Crippen LogP contribution in [0.2, 0.25) is 0 Å². The number of hydrogen-bond donors (Lipinski definition) is 2. The van der Waals surface area contributed by atoms with Gasteiger partial charge < -0.3 is 15.4 Å². The van der Waals surface area contributed by atoms with Gasteiger partial charge in [-0.15, -0.1) is 11.8 Å². The Kier molecular flexibility index (Phi) is 7.29. The molecule has 0 aliphatic carbocycles. The van der Waals surface area contributed by atoms with E-state index in [0.29, 0.717) is 0 Å². The first-order valence-corrected chi connectivity index (χ1v) is 9.32. The topological polar surface area (TPSA) is 67.4 Å². The van der Waals surface area contributed by atoms with Crippen molar-refractivity contribution in [1.82, 2.24) is 5.32 Å². The Morgan fingerprint density at radius 3 is 2.46 bits per heavy atom. The number of hydrogen-bond acceptors (Lipinski definition) is 4. The van der Waals surface area contributed by atoms with Gasteiger partial charge in [0.1, 0.15) is 11.8 Å². The van der Waals surface area contributed by atoms with Crippen molar-refractivity contribution in [3.8, 4) is 5.75 Å². The van der Waals surface area contributed by atoms with Crippen molar-refractivity contribution >= 4 is 35.3 Å². The van der Waals surface area contributed by atoms with Gasteiger partial charge in [0.05, 0.1) is 12.8 Å². The Morgan fingerprint density at radius 1 is 1.12 bits per heavy atom. The largest absolute Gasteiger partial charge is 0.497 e. The predicted molar refractivity (Wildman–Crippen MR) is 106 cm³/mol. The van der Waals surface area contributed by atoms with Gasteiger partial charge in [-0.2, -0.15) is 0 Å². The molecule has 0 aliphatic rings. The normalized spacial score (nSPS) is 11.8. The van der Waals surface area contributed by atoms with E-state index in [9.17, 15) is 9.59 Å².